The van der Waals surface area contributed by atoms with E-state index in [1.807, 2.05) is 12.1 Å². The maximum atomic E-state index is 12.6. The van der Waals surface area contributed by atoms with Gasteiger partial charge in [-0.15, -0.1) is 11.3 Å². The van der Waals surface area contributed by atoms with E-state index >= 15 is 0 Å². The number of carbonyl (C=O) groups is 1. The summed E-state index contributed by atoms with van der Waals surface area (Å²) in [6.07, 6.45) is 8.93. The minimum Gasteiger partial charge on any atom is -0.468 e. The standard InChI is InChI=1S/C19H24N2O2S/c22-19(18-12-14-6-1-2-8-17(14)24-18)20-13-15(16-7-5-11-23-16)21-9-3-4-10-21/h5,7,11-12,15H,1-4,6,8-10,13H2,(H,20,22)/t15-/m0/s1. The minimum atomic E-state index is 0.0603. The summed E-state index contributed by atoms with van der Waals surface area (Å²) in [4.78, 5) is 17.3. The highest BCUT2D eigenvalue weighted by Gasteiger charge is 2.26. The second-order valence-corrected chi connectivity index (χ2v) is 7.89. The van der Waals surface area contributed by atoms with Gasteiger partial charge in [0.2, 0.25) is 0 Å². The fraction of sp³-hybridized carbons (Fsp3) is 0.526. The van der Waals surface area contributed by atoms with Gasteiger partial charge in [-0.05, 0) is 75.4 Å². The monoisotopic (exact) mass is 344 g/mol. The highest BCUT2D eigenvalue weighted by Crippen LogP contribution is 2.30. The summed E-state index contributed by atoms with van der Waals surface area (Å²) < 4.78 is 5.62. The molecule has 0 spiro atoms. The number of furan rings is 1. The van der Waals surface area contributed by atoms with Crippen molar-refractivity contribution in [1.82, 2.24) is 10.2 Å². The van der Waals surface area contributed by atoms with Gasteiger partial charge in [-0.3, -0.25) is 9.69 Å². The molecule has 2 aromatic rings. The third kappa shape index (κ3) is 3.28. The third-order valence-electron chi connectivity index (χ3n) is 5.13. The highest BCUT2D eigenvalue weighted by molar-refractivity contribution is 7.14. The molecule has 4 rings (SSSR count). The van der Waals surface area contributed by atoms with Crippen LogP contribution in [0, 0.1) is 0 Å². The number of likely N-dealkylation sites (tertiary alicyclic amines) is 1. The average Bonchev–Trinajstić information content (AvgIpc) is 3.35. The first-order chi connectivity index (χ1) is 11.8. The maximum Gasteiger partial charge on any atom is 0.261 e. The van der Waals surface area contributed by atoms with E-state index < -0.39 is 0 Å². The molecule has 2 aromatic heterocycles. The van der Waals surface area contributed by atoms with Crippen LogP contribution in [-0.4, -0.2) is 30.4 Å². The second kappa shape index (κ2) is 7.11. The van der Waals surface area contributed by atoms with Gasteiger partial charge in [0.15, 0.2) is 0 Å². The van der Waals surface area contributed by atoms with Crippen LogP contribution < -0.4 is 5.32 Å². The lowest BCUT2D eigenvalue weighted by Crippen LogP contribution is -2.36. The van der Waals surface area contributed by atoms with Crippen LogP contribution >= 0.6 is 11.3 Å². The van der Waals surface area contributed by atoms with Crippen LogP contribution in [0.2, 0.25) is 0 Å². The van der Waals surface area contributed by atoms with Crippen molar-refractivity contribution in [3.63, 3.8) is 0 Å². The Morgan fingerprint density at radius 3 is 2.83 bits per heavy atom. The first-order valence-electron chi connectivity index (χ1n) is 8.98. The minimum absolute atomic E-state index is 0.0603. The molecular formula is C19H24N2O2S. The molecule has 1 saturated heterocycles. The van der Waals surface area contributed by atoms with Gasteiger partial charge in [0.1, 0.15) is 5.76 Å². The Morgan fingerprint density at radius 2 is 2.08 bits per heavy atom. The summed E-state index contributed by atoms with van der Waals surface area (Å²) in [5.41, 5.74) is 1.39. The molecule has 1 N–H and O–H groups in total. The molecule has 0 saturated carbocycles. The van der Waals surface area contributed by atoms with Crippen molar-refractivity contribution in [2.45, 2.75) is 44.6 Å². The third-order valence-corrected chi connectivity index (χ3v) is 6.37. The van der Waals surface area contributed by atoms with Crippen molar-refractivity contribution >= 4 is 17.2 Å². The molecule has 3 heterocycles. The van der Waals surface area contributed by atoms with Crippen LogP contribution in [0.15, 0.2) is 28.9 Å². The number of amides is 1. The van der Waals surface area contributed by atoms with E-state index in [1.54, 1.807) is 17.6 Å². The van der Waals surface area contributed by atoms with Crippen molar-refractivity contribution in [3.8, 4) is 0 Å². The predicted octanol–water partition coefficient (Wildman–Crippen LogP) is 3.79. The largest absolute Gasteiger partial charge is 0.468 e. The predicted molar refractivity (Wildman–Crippen MR) is 95.6 cm³/mol. The molecule has 2 aliphatic rings. The van der Waals surface area contributed by atoms with Gasteiger partial charge in [-0.25, -0.2) is 0 Å². The Balaban J connectivity index is 1.43. The van der Waals surface area contributed by atoms with Crippen molar-refractivity contribution in [1.29, 1.82) is 0 Å². The van der Waals surface area contributed by atoms with Gasteiger partial charge in [-0.2, -0.15) is 0 Å². The lowest BCUT2D eigenvalue weighted by molar-refractivity contribution is 0.0938. The Kier molecular flexibility index (Phi) is 4.72. The van der Waals surface area contributed by atoms with Crippen LogP contribution in [0.5, 0.6) is 0 Å². The lowest BCUT2D eigenvalue weighted by Gasteiger charge is -2.25. The van der Waals surface area contributed by atoms with Crippen LogP contribution in [-0.2, 0) is 12.8 Å². The Morgan fingerprint density at radius 1 is 1.25 bits per heavy atom. The van der Waals surface area contributed by atoms with Crippen molar-refractivity contribution in [3.05, 3.63) is 45.5 Å². The topological polar surface area (TPSA) is 45.5 Å². The zero-order valence-electron chi connectivity index (χ0n) is 13.9. The number of aryl methyl sites for hydroxylation is 2. The molecule has 1 amide bonds. The summed E-state index contributed by atoms with van der Waals surface area (Å²) in [6, 6.07) is 6.18. The maximum absolute atomic E-state index is 12.6. The number of nitrogens with one attached hydrogen (secondary N) is 1. The lowest BCUT2D eigenvalue weighted by atomic mass is 9.99. The van der Waals surface area contributed by atoms with E-state index in [9.17, 15) is 4.79 Å². The number of fused-ring (bicyclic) bond motifs is 1. The molecule has 0 radical (unpaired) electrons. The van der Waals surface area contributed by atoms with E-state index in [0.717, 1.165) is 36.6 Å². The molecule has 0 aromatic carbocycles. The van der Waals surface area contributed by atoms with E-state index in [1.165, 1.54) is 36.1 Å². The van der Waals surface area contributed by atoms with Gasteiger partial charge in [-0.1, -0.05) is 0 Å². The fourth-order valence-electron chi connectivity index (χ4n) is 3.82. The second-order valence-electron chi connectivity index (χ2n) is 6.75. The van der Waals surface area contributed by atoms with E-state index in [-0.39, 0.29) is 11.9 Å². The number of hydrogen-bond acceptors (Lipinski definition) is 4. The molecular weight excluding hydrogens is 320 g/mol. The summed E-state index contributed by atoms with van der Waals surface area (Å²) >= 11 is 1.68. The van der Waals surface area contributed by atoms with Gasteiger partial charge < -0.3 is 9.73 Å². The number of rotatable bonds is 5. The summed E-state index contributed by atoms with van der Waals surface area (Å²) in [7, 11) is 0. The molecule has 1 aliphatic carbocycles. The fourth-order valence-corrected chi connectivity index (χ4v) is 4.99. The quantitative estimate of drug-likeness (QED) is 0.898. The van der Waals surface area contributed by atoms with Gasteiger partial charge >= 0.3 is 0 Å². The Hall–Kier alpha value is -1.59. The SMILES string of the molecule is O=C(NC[C@@H](c1ccco1)N1CCCC1)c1cc2c(s1)CCCC2. The molecule has 0 unspecified atom stereocenters. The zero-order chi connectivity index (χ0) is 16.4. The normalized spacial score (nSPS) is 19.2. The van der Waals surface area contributed by atoms with Crippen LogP contribution in [0.1, 0.15) is 57.6 Å². The molecule has 5 heteroatoms. The molecule has 1 fully saturated rings. The van der Waals surface area contributed by atoms with Gasteiger partial charge in [0, 0.05) is 11.4 Å². The molecule has 1 aliphatic heterocycles. The van der Waals surface area contributed by atoms with E-state index in [2.05, 4.69) is 16.3 Å². The van der Waals surface area contributed by atoms with Gasteiger partial charge in [0.05, 0.1) is 17.2 Å². The molecule has 1 atom stereocenters. The van der Waals surface area contributed by atoms with E-state index in [0.29, 0.717) is 6.54 Å². The first kappa shape index (κ1) is 15.9. The zero-order valence-corrected chi connectivity index (χ0v) is 14.7. The Bertz CT molecular complexity index is 663. The smallest absolute Gasteiger partial charge is 0.261 e. The highest BCUT2D eigenvalue weighted by atomic mass is 32.1. The summed E-state index contributed by atoms with van der Waals surface area (Å²) in [5, 5.41) is 3.14. The average molecular weight is 344 g/mol. The van der Waals surface area contributed by atoms with Crippen LogP contribution in [0.4, 0.5) is 0 Å². The Labute approximate surface area is 146 Å². The number of nitrogens with zero attached hydrogens (tertiary/aromatic N) is 1. The molecule has 0 bridgehead atoms. The molecule has 24 heavy (non-hydrogen) atoms. The molecule has 4 nitrogen and oxygen atoms in total. The van der Waals surface area contributed by atoms with Crippen molar-refractivity contribution < 1.29 is 9.21 Å². The van der Waals surface area contributed by atoms with Crippen molar-refractivity contribution in [2.75, 3.05) is 19.6 Å². The van der Waals surface area contributed by atoms with E-state index in [4.69, 9.17) is 4.42 Å². The molecule has 128 valence electrons. The number of hydrogen-bond donors (Lipinski definition) is 1. The number of thiophene rings is 1. The van der Waals surface area contributed by atoms with Crippen LogP contribution in [0.25, 0.3) is 0 Å². The first-order valence-corrected chi connectivity index (χ1v) is 9.80. The van der Waals surface area contributed by atoms with Crippen molar-refractivity contribution in [2.24, 2.45) is 0 Å². The number of carbonyl (C=O) groups excluding carboxylic acids is 1. The van der Waals surface area contributed by atoms with Gasteiger partial charge in [0.25, 0.3) is 5.91 Å². The summed E-state index contributed by atoms with van der Waals surface area (Å²) in [6.45, 7) is 2.76. The van der Waals surface area contributed by atoms with Crippen LogP contribution in [0.3, 0.4) is 0 Å². The summed E-state index contributed by atoms with van der Waals surface area (Å²) in [5.74, 6) is 1.01.